The van der Waals surface area contributed by atoms with Gasteiger partial charge in [-0.15, -0.1) is 0 Å². The third-order valence-corrected chi connectivity index (χ3v) is 6.28. The van der Waals surface area contributed by atoms with Crippen LogP contribution in [0.25, 0.3) is 0 Å². The summed E-state index contributed by atoms with van der Waals surface area (Å²) < 4.78 is 5.32. The topological polar surface area (TPSA) is 83.5 Å². The quantitative estimate of drug-likeness (QED) is 0.785. The predicted molar refractivity (Wildman–Crippen MR) is 121 cm³/mol. The maximum atomic E-state index is 12.0. The number of carbonyl (C=O) groups is 1. The van der Waals surface area contributed by atoms with Gasteiger partial charge in [0.15, 0.2) is 0 Å². The fourth-order valence-electron chi connectivity index (χ4n) is 4.68. The third-order valence-electron chi connectivity index (χ3n) is 6.28. The lowest BCUT2D eigenvalue weighted by molar-refractivity contribution is -0.130. The van der Waals surface area contributed by atoms with E-state index in [1.807, 2.05) is 23.1 Å². The van der Waals surface area contributed by atoms with Gasteiger partial charge < -0.3 is 19.9 Å². The van der Waals surface area contributed by atoms with E-state index in [-0.39, 0.29) is 11.8 Å². The summed E-state index contributed by atoms with van der Waals surface area (Å²) in [5.74, 6) is 3.81. The van der Waals surface area contributed by atoms with Crippen LogP contribution < -0.4 is 15.0 Å². The number of pyridine rings is 1. The Bertz CT molecular complexity index is 936. The van der Waals surface area contributed by atoms with Crippen LogP contribution in [0.4, 0.5) is 17.6 Å². The molecule has 0 radical (unpaired) electrons. The van der Waals surface area contributed by atoms with Crippen LogP contribution in [-0.4, -0.2) is 58.5 Å². The van der Waals surface area contributed by atoms with Gasteiger partial charge in [0.2, 0.25) is 11.9 Å². The molecule has 0 bridgehead atoms. The smallest absolute Gasteiger partial charge is 0.227 e. The second-order valence-corrected chi connectivity index (χ2v) is 8.83. The first-order valence-electron chi connectivity index (χ1n) is 11.1. The van der Waals surface area contributed by atoms with Crippen LogP contribution >= 0.6 is 0 Å². The Morgan fingerprint density at radius 3 is 2.74 bits per heavy atom. The largest absolute Gasteiger partial charge is 0.497 e. The van der Waals surface area contributed by atoms with Gasteiger partial charge in [-0.25, -0.2) is 9.97 Å². The number of ether oxygens (including phenoxy) is 1. The average Bonchev–Trinajstić information content (AvgIpc) is 3.11. The minimum atomic E-state index is 0.125. The van der Waals surface area contributed by atoms with E-state index in [0.29, 0.717) is 30.1 Å². The summed E-state index contributed by atoms with van der Waals surface area (Å²) >= 11 is 0. The number of nitrogens with zero attached hydrogens (tertiary/aromatic N) is 5. The number of anilines is 3. The van der Waals surface area contributed by atoms with E-state index >= 15 is 0 Å². The Labute approximate surface area is 184 Å². The number of likely N-dealkylation sites (tertiary alicyclic amines) is 1. The number of methoxy groups -OCH3 is 1. The summed E-state index contributed by atoms with van der Waals surface area (Å²) in [7, 11) is 1.64. The molecule has 3 unspecified atom stereocenters. The SMILES string of the molecule is COc1ccnc(Nc2cc(C3CCCN(C(C)=O)C3)nc(N3CC(C)CC3C)n2)c1. The molecule has 0 aliphatic carbocycles. The third kappa shape index (κ3) is 4.89. The molecule has 31 heavy (non-hydrogen) atoms. The minimum Gasteiger partial charge on any atom is -0.497 e. The molecule has 2 aliphatic heterocycles. The van der Waals surface area contributed by atoms with Gasteiger partial charge in [-0.2, -0.15) is 4.98 Å². The average molecular weight is 425 g/mol. The van der Waals surface area contributed by atoms with Crippen LogP contribution in [0.15, 0.2) is 24.4 Å². The molecule has 2 saturated heterocycles. The van der Waals surface area contributed by atoms with Crippen LogP contribution in [0, 0.1) is 5.92 Å². The molecule has 0 spiro atoms. The molecule has 0 saturated carbocycles. The first-order chi connectivity index (χ1) is 14.9. The summed E-state index contributed by atoms with van der Waals surface area (Å²) in [6.45, 7) is 8.62. The lowest BCUT2D eigenvalue weighted by Gasteiger charge is -2.32. The minimum absolute atomic E-state index is 0.125. The van der Waals surface area contributed by atoms with E-state index in [1.54, 1.807) is 20.2 Å². The molecular formula is C23H32N6O2. The normalized spacial score (nSPS) is 23.7. The van der Waals surface area contributed by atoms with E-state index in [4.69, 9.17) is 14.7 Å². The molecule has 2 aliphatic rings. The van der Waals surface area contributed by atoms with Crippen molar-refractivity contribution in [2.24, 2.45) is 5.92 Å². The summed E-state index contributed by atoms with van der Waals surface area (Å²) in [5.41, 5.74) is 0.980. The van der Waals surface area contributed by atoms with Crippen LogP contribution in [-0.2, 0) is 4.79 Å². The molecule has 1 amide bonds. The summed E-state index contributed by atoms with van der Waals surface area (Å²) in [4.78, 5) is 30.4. The van der Waals surface area contributed by atoms with E-state index in [2.05, 4.69) is 29.0 Å². The Morgan fingerprint density at radius 2 is 2.03 bits per heavy atom. The summed E-state index contributed by atoms with van der Waals surface area (Å²) in [6.07, 6.45) is 4.85. The van der Waals surface area contributed by atoms with Gasteiger partial charge in [-0.1, -0.05) is 6.92 Å². The Hall–Kier alpha value is -2.90. The number of aromatic nitrogens is 3. The molecule has 2 aromatic rings. The first-order valence-corrected chi connectivity index (χ1v) is 11.1. The highest BCUT2D eigenvalue weighted by Crippen LogP contribution is 2.32. The molecule has 166 valence electrons. The Kier molecular flexibility index (Phi) is 6.25. The van der Waals surface area contributed by atoms with E-state index in [0.717, 1.165) is 49.7 Å². The standard InChI is InChI=1S/C23H32N6O2/c1-15-10-16(2)29(13-15)23-25-20(18-6-5-9-28(14-18)17(3)30)12-22(27-23)26-21-11-19(31-4)7-8-24-21/h7-8,11-12,15-16,18H,5-6,9-10,13-14H2,1-4H3,(H,24,25,26,27). The zero-order valence-electron chi connectivity index (χ0n) is 18.8. The van der Waals surface area contributed by atoms with Crippen LogP contribution in [0.1, 0.15) is 51.6 Å². The van der Waals surface area contributed by atoms with E-state index < -0.39 is 0 Å². The summed E-state index contributed by atoms with van der Waals surface area (Å²) in [6, 6.07) is 6.06. The van der Waals surface area contributed by atoms with Gasteiger partial charge in [0, 0.05) is 56.8 Å². The van der Waals surface area contributed by atoms with Crippen molar-refractivity contribution in [2.45, 2.75) is 52.0 Å². The number of nitrogens with one attached hydrogen (secondary N) is 1. The van der Waals surface area contributed by atoms with Gasteiger partial charge in [0.25, 0.3) is 0 Å². The van der Waals surface area contributed by atoms with E-state index in [9.17, 15) is 4.79 Å². The summed E-state index contributed by atoms with van der Waals surface area (Å²) in [5, 5.41) is 3.33. The maximum Gasteiger partial charge on any atom is 0.227 e. The zero-order chi connectivity index (χ0) is 22.0. The molecule has 4 rings (SSSR count). The number of carbonyl (C=O) groups excluding carboxylic acids is 1. The van der Waals surface area contributed by atoms with Crippen molar-refractivity contribution in [1.29, 1.82) is 0 Å². The van der Waals surface area contributed by atoms with Crippen molar-refractivity contribution >= 4 is 23.5 Å². The molecule has 3 atom stereocenters. The second kappa shape index (κ2) is 9.08. The number of rotatable bonds is 5. The van der Waals surface area contributed by atoms with Gasteiger partial charge in [-0.05, 0) is 38.2 Å². The maximum absolute atomic E-state index is 12.0. The first kappa shape index (κ1) is 21.3. The number of amides is 1. The van der Waals surface area contributed by atoms with Crippen molar-refractivity contribution in [3.63, 3.8) is 0 Å². The van der Waals surface area contributed by atoms with Gasteiger partial charge in [-0.3, -0.25) is 4.79 Å². The van der Waals surface area contributed by atoms with Gasteiger partial charge in [0.1, 0.15) is 17.4 Å². The Balaban J connectivity index is 1.67. The van der Waals surface area contributed by atoms with Crippen molar-refractivity contribution in [2.75, 3.05) is 37.0 Å². The van der Waals surface area contributed by atoms with Gasteiger partial charge >= 0.3 is 0 Å². The number of hydrogen-bond donors (Lipinski definition) is 1. The van der Waals surface area contributed by atoms with Crippen molar-refractivity contribution in [3.05, 3.63) is 30.1 Å². The number of piperidine rings is 1. The highest BCUT2D eigenvalue weighted by Gasteiger charge is 2.30. The highest BCUT2D eigenvalue weighted by atomic mass is 16.5. The highest BCUT2D eigenvalue weighted by molar-refractivity contribution is 5.73. The fourth-order valence-corrected chi connectivity index (χ4v) is 4.68. The van der Waals surface area contributed by atoms with Gasteiger partial charge in [0.05, 0.1) is 12.8 Å². The van der Waals surface area contributed by atoms with Crippen LogP contribution in [0.5, 0.6) is 5.75 Å². The molecule has 2 fully saturated rings. The lowest BCUT2D eigenvalue weighted by atomic mass is 9.94. The lowest BCUT2D eigenvalue weighted by Crippen LogP contribution is -2.38. The van der Waals surface area contributed by atoms with Crippen LogP contribution in [0.2, 0.25) is 0 Å². The molecule has 1 N–H and O–H groups in total. The molecule has 8 heteroatoms. The molecule has 2 aromatic heterocycles. The molecular weight excluding hydrogens is 392 g/mol. The predicted octanol–water partition coefficient (Wildman–Crippen LogP) is 3.58. The zero-order valence-corrected chi connectivity index (χ0v) is 18.8. The fraction of sp³-hybridized carbons (Fsp3) is 0.565. The molecule has 0 aromatic carbocycles. The second-order valence-electron chi connectivity index (χ2n) is 8.83. The van der Waals surface area contributed by atoms with E-state index in [1.165, 1.54) is 0 Å². The van der Waals surface area contributed by atoms with Crippen molar-refractivity contribution in [3.8, 4) is 5.75 Å². The molecule has 4 heterocycles. The molecule has 8 nitrogen and oxygen atoms in total. The monoisotopic (exact) mass is 424 g/mol. The van der Waals surface area contributed by atoms with Crippen molar-refractivity contribution in [1.82, 2.24) is 19.9 Å². The van der Waals surface area contributed by atoms with Crippen molar-refractivity contribution < 1.29 is 9.53 Å². The van der Waals surface area contributed by atoms with Crippen LogP contribution in [0.3, 0.4) is 0 Å². The Morgan fingerprint density at radius 1 is 1.19 bits per heavy atom. The number of hydrogen-bond acceptors (Lipinski definition) is 7.